The van der Waals surface area contributed by atoms with Crippen LogP contribution in [0.1, 0.15) is 108 Å². The van der Waals surface area contributed by atoms with Crippen molar-refractivity contribution in [2.24, 2.45) is 10.2 Å². The monoisotopic (exact) mass is 767 g/mol. The molecule has 0 bridgehead atoms. The molecule has 56 heavy (non-hydrogen) atoms. The van der Waals surface area contributed by atoms with Crippen LogP contribution in [0.3, 0.4) is 0 Å². The number of carbonyl (C=O) groups is 2. The Kier molecular flexibility index (Phi) is 17.2. The smallest absolute Gasteiger partial charge is 0.321 e. The number of aromatic amines is 2. The second kappa shape index (κ2) is 22.5. The zero-order valence-electron chi connectivity index (χ0n) is 33.3. The van der Waals surface area contributed by atoms with Crippen LogP contribution in [-0.2, 0) is 0 Å². The molecule has 4 rings (SSSR count). The zero-order valence-corrected chi connectivity index (χ0v) is 33.3. The Hall–Kier alpha value is -5.86. The lowest BCUT2D eigenvalue weighted by molar-refractivity contribution is 0.251. The van der Waals surface area contributed by atoms with Crippen molar-refractivity contribution >= 4 is 41.0 Å². The Balaban J connectivity index is 1.40. The highest BCUT2D eigenvalue weighted by molar-refractivity contribution is 5.87. The molecule has 2 unspecified atom stereocenters. The standard InChI is InChI=1S/C41H57N11O4/c1-6-10-12-29(8-3)34-26-36(53)46-38(44-34)48-40(55)42-22-24-52(33-20-18-32(19-21-33)51-50-31-16-14-28(5)15-17-31)25-23-43-41(56)49-39-45-35(27-37(54)47-39)30(9-4)13-11-7-2/h14-21,26-27,29-30H,6-13,22-25H2,1-5H3,(H3,42,44,46,48,53,55)(H3,43,45,47,49,54,56)/b51-50+. The quantitative estimate of drug-likeness (QED) is 0.0457. The minimum Gasteiger partial charge on any atom is -0.368 e. The normalized spacial score (nSPS) is 12.2. The van der Waals surface area contributed by atoms with Crippen LogP contribution in [0.4, 0.5) is 38.5 Å². The molecule has 0 fully saturated rings. The molecule has 2 heterocycles. The molecule has 15 nitrogen and oxygen atoms in total. The molecule has 0 aliphatic rings. The van der Waals surface area contributed by atoms with Gasteiger partial charge in [0.2, 0.25) is 11.9 Å². The van der Waals surface area contributed by atoms with Crippen molar-refractivity contribution in [2.45, 2.75) is 97.8 Å². The van der Waals surface area contributed by atoms with Crippen molar-refractivity contribution < 1.29 is 9.59 Å². The van der Waals surface area contributed by atoms with Crippen LogP contribution >= 0.6 is 0 Å². The second-order valence-electron chi connectivity index (χ2n) is 13.8. The third kappa shape index (κ3) is 14.1. The van der Waals surface area contributed by atoms with Gasteiger partial charge in [-0.3, -0.25) is 20.2 Å². The number of azo groups is 1. The van der Waals surface area contributed by atoms with Crippen LogP contribution in [-0.4, -0.2) is 58.2 Å². The first-order valence-electron chi connectivity index (χ1n) is 19.8. The Morgan fingerprint density at radius 3 is 1.52 bits per heavy atom. The first-order valence-corrected chi connectivity index (χ1v) is 19.8. The van der Waals surface area contributed by atoms with Gasteiger partial charge in [0.05, 0.1) is 11.4 Å². The van der Waals surface area contributed by atoms with Crippen molar-refractivity contribution in [3.63, 3.8) is 0 Å². The van der Waals surface area contributed by atoms with Crippen LogP contribution in [0.2, 0.25) is 0 Å². The minimum atomic E-state index is -0.514. The molecule has 0 saturated heterocycles. The predicted molar refractivity (Wildman–Crippen MR) is 223 cm³/mol. The van der Waals surface area contributed by atoms with Crippen LogP contribution in [0.15, 0.2) is 80.5 Å². The summed E-state index contributed by atoms with van der Waals surface area (Å²) in [7, 11) is 0. The van der Waals surface area contributed by atoms with Gasteiger partial charge in [-0.1, -0.05) is 71.1 Å². The molecule has 4 amide bonds. The molecule has 0 aliphatic heterocycles. The maximum absolute atomic E-state index is 12.9. The highest BCUT2D eigenvalue weighted by Crippen LogP contribution is 2.25. The number of rotatable bonds is 21. The van der Waals surface area contributed by atoms with Gasteiger partial charge in [0.25, 0.3) is 11.1 Å². The molecule has 0 radical (unpaired) electrons. The zero-order chi connectivity index (χ0) is 40.3. The van der Waals surface area contributed by atoms with E-state index in [1.165, 1.54) is 12.1 Å². The third-order valence-electron chi connectivity index (χ3n) is 9.53. The average Bonchev–Trinajstić information content (AvgIpc) is 3.17. The van der Waals surface area contributed by atoms with Gasteiger partial charge < -0.3 is 25.5 Å². The topological polar surface area (TPSA) is 202 Å². The van der Waals surface area contributed by atoms with E-state index in [2.05, 4.69) is 79.1 Å². The molecule has 4 aromatic rings. The Labute approximate surface area is 328 Å². The lowest BCUT2D eigenvalue weighted by Crippen LogP contribution is -2.41. The number of urea groups is 2. The SMILES string of the molecule is CCCCC(CC)c1cc(=O)nc(NC(=O)NCCN(CCNC(=O)Nc2nc(=O)cc(C(CC)CCCC)[nH]2)c2ccc(/N=N/c3ccc(C)cc3)cc2)[nH]1. The highest BCUT2D eigenvalue weighted by atomic mass is 16.2. The third-order valence-corrected chi connectivity index (χ3v) is 9.53. The number of unbranched alkanes of at least 4 members (excludes halogenated alkanes) is 2. The van der Waals surface area contributed by atoms with E-state index in [4.69, 9.17) is 0 Å². The fraction of sp³-hybridized carbons (Fsp3) is 0.463. The minimum absolute atomic E-state index is 0.0925. The van der Waals surface area contributed by atoms with E-state index < -0.39 is 23.2 Å². The fourth-order valence-electron chi connectivity index (χ4n) is 6.31. The summed E-state index contributed by atoms with van der Waals surface area (Å²) in [6.07, 6.45) is 7.76. The number of amides is 4. The predicted octanol–water partition coefficient (Wildman–Crippen LogP) is 8.39. The van der Waals surface area contributed by atoms with E-state index in [0.717, 1.165) is 79.7 Å². The number of hydrogen-bond acceptors (Lipinski definition) is 9. The molecule has 0 aliphatic carbocycles. The molecule has 15 heteroatoms. The number of nitrogens with one attached hydrogen (secondary N) is 6. The van der Waals surface area contributed by atoms with E-state index >= 15 is 0 Å². The molecule has 6 N–H and O–H groups in total. The lowest BCUT2D eigenvalue weighted by atomic mass is 9.96. The number of hydrogen-bond donors (Lipinski definition) is 6. The van der Waals surface area contributed by atoms with Crippen LogP contribution < -0.4 is 37.3 Å². The molecule has 2 atom stereocenters. The Morgan fingerprint density at radius 1 is 0.679 bits per heavy atom. The van der Waals surface area contributed by atoms with Gasteiger partial charge in [0.15, 0.2) is 0 Å². The van der Waals surface area contributed by atoms with E-state index in [9.17, 15) is 19.2 Å². The number of H-pyrrole nitrogens is 2. The summed E-state index contributed by atoms with van der Waals surface area (Å²) in [5.41, 5.74) is 4.06. The Bertz CT molecular complexity index is 1880. The van der Waals surface area contributed by atoms with Gasteiger partial charge in [-0.15, -0.1) is 0 Å². The summed E-state index contributed by atoms with van der Waals surface area (Å²) in [4.78, 5) is 66.8. The molecule has 0 saturated carbocycles. The number of aromatic nitrogens is 4. The van der Waals surface area contributed by atoms with E-state index in [-0.39, 0.29) is 36.8 Å². The number of carbonyl (C=O) groups excluding carboxylic acids is 2. The van der Waals surface area contributed by atoms with E-state index in [1.807, 2.05) is 60.4 Å². The van der Waals surface area contributed by atoms with Gasteiger partial charge in [-0.2, -0.15) is 20.2 Å². The summed E-state index contributed by atoms with van der Waals surface area (Å²) >= 11 is 0. The fourth-order valence-corrected chi connectivity index (χ4v) is 6.31. The van der Waals surface area contributed by atoms with Crippen molar-refractivity contribution in [2.75, 3.05) is 41.7 Å². The van der Waals surface area contributed by atoms with Gasteiger partial charge in [0.1, 0.15) is 0 Å². The van der Waals surface area contributed by atoms with Crippen molar-refractivity contribution in [1.29, 1.82) is 0 Å². The summed E-state index contributed by atoms with van der Waals surface area (Å²) in [5, 5.41) is 19.7. The molecule has 2 aromatic carbocycles. The van der Waals surface area contributed by atoms with Gasteiger partial charge in [-0.25, -0.2) is 9.59 Å². The Morgan fingerprint density at radius 2 is 1.11 bits per heavy atom. The second-order valence-corrected chi connectivity index (χ2v) is 13.8. The lowest BCUT2D eigenvalue weighted by Gasteiger charge is -2.25. The molecule has 2 aromatic heterocycles. The maximum Gasteiger partial charge on any atom is 0.321 e. The molecule has 300 valence electrons. The average molecular weight is 768 g/mol. The highest BCUT2D eigenvalue weighted by Gasteiger charge is 2.16. The molecule has 0 spiro atoms. The maximum atomic E-state index is 12.9. The summed E-state index contributed by atoms with van der Waals surface area (Å²) in [5.74, 6) is 0.522. The summed E-state index contributed by atoms with van der Waals surface area (Å²) < 4.78 is 0. The summed E-state index contributed by atoms with van der Waals surface area (Å²) in [6.45, 7) is 11.6. The van der Waals surface area contributed by atoms with Crippen molar-refractivity contribution in [3.8, 4) is 0 Å². The number of nitrogens with zero attached hydrogens (tertiary/aromatic N) is 5. The number of anilines is 3. The van der Waals surface area contributed by atoms with Gasteiger partial charge in [-0.05, 0) is 80.8 Å². The van der Waals surface area contributed by atoms with Crippen LogP contribution in [0.5, 0.6) is 0 Å². The van der Waals surface area contributed by atoms with Gasteiger partial charge in [0, 0.05) is 55.4 Å². The van der Waals surface area contributed by atoms with E-state index in [1.54, 1.807) is 0 Å². The summed E-state index contributed by atoms with van der Waals surface area (Å²) in [6, 6.07) is 17.2. The number of benzene rings is 2. The first-order chi connectivity index (χ1) is 27.1. The van der Waals surface area contributed by atoms with Crippen LogP contribution in [0.25, 0.3) is 0 Å². The van der Waals surface area contributed by atoms with E-state index in [0.29, 0.717) is 18.8 Å². The molecular formula is C41H57N11O4. The van der Waals surface area contributed by atoms with Crippen LogP contribution in [0, 0.1) is 6.92 Å². The first kappa shape index (κ1) is 42.9. The van der Waals surface area contributed by atoms with Crippen molar-refractivity contribution in [3.05, 3.63) is 98.3 Å². The largest absolute Gasteiger partial charge is 0.368 e. The molecular weight excluding hydrogens is 711 g/mol. The van der Waals surface area contributed by atoms with Crippen molar-refractivity contribution in [1.82, 2.24) is 30.6 Å². The van der Waals surface area contributed by atoms with Gasteiger partial charge >= 0.3 is 12.1 Å². The number of aryl methyl sites for hydroxylation is 1.